The number of alkyl halides is 3. The molecule has 0 atom stereocenters. The zero-order valence-electron chi connectivity index (χ0n) is 16.8. The number of hydrogen-bond donors (Lipinski definition) is 2. The first kappa shape index (κ1) is 21.3. The fraction of sp³-hybridized carbons (Fsp3) is 0.409. The molecule has 9 heteroatoms. The Balaban J connectivity index is 1.71. The van der Waals surface area contributed by atoms with Gasteiger partial charge < -0.3 is 15.0 Å². The van der Waals surface area contributed by atoms with E-state index in [0.717, 1.165) is 35.6 Å². The maximum atomic E-state index is 12.5. The average molecular weight is 432 g/mol. The number of aromatic nitrogens is 3. The minimum Gasteiger partial charge on any atom is -0.393 e. The second kappa shape index (κ2) is 8.66. The Labute approximate surface area is 177 Å². The van der Waals surface area contributed by atoms with Crippen molar-refractivity contribution in [1.82, 2.24) is 14.5 Å². The Kier molecular flexibility index (Phi) is 5.95. The van der Waals surface area contributed by atoms with Gasteiger partial charge in [0.25, 0.3) is 0 Å². The van der Waals surface area contributed by atoms with Crippen LogP contribution < -0.4 is 5.32 Å². The second-order valence-electron chi connectivity index (χ2n) is 7.88. The third kappa shape index (κ3) is 4.87. The second-order valence-corrected chi connectivity index (χ2v) is 7.88. The highest BCUT2D eigenvalue weighted by Gasteiger charge is 2.27. The SMILES string of the molecule is O=Cc1ccc(-c2cn(C3CCC(O)CC3)c3nc(NCCC(F)(F)F)ncc23)cc1. The quantitative estimate of drug-likeness (QED) is 0.550. The summed E-state index contributed by atoms with van der Waals surface area (Å²) in [6.07, 6.45) is 1.82. The number of hydrogen-bond acceptors (Lipinski definition) is 5. The van der Waals surface area contributed by atoms with Crippen LogP contribution in [0.25, 0.3) is 22.2 Å². The van der Waals surface area contributed by atoms with Gasteiger partial charge in [-0.25, -0.2) is 4.98 Å². The van der Waals surface area contributed by atoms with Crippen LogP contribution >= 0.6 is 0 Å². The topological polar surface area (TPSA) is 80.0 Å². The molecule has 1 aromatic carbocycles. The van der Waals surface area contributed by atoms with Crippen molar-refractivity contribution < 1.29 is 23.1 Å². The van der Waals surface area contributed by atoms with Crippen LogP contribution in [0.5, 0.6) is 0 Å². The highest BCUT2D eigenvalue weighted by Crippen LogP contribution is 2.36. The minimum atomic E-state index is -4.25. The minimum absolute atomic E-state index is 0.131. The number of nitrogens with zero attached hydrogens (tertiary/aromatic N) is 3. The molecule has 0 bridgehead atoms. The summed E-state index contributed by atoms with van der Waals surface area (Å²) in [5.74, 6) is 0.148. The molecule has 2 aromatic heterocycles. The van der Waals surface area contributed by atoms with Gasteiger partial charge in [-0.05, 0) is 31.2 Å². The van der Waals surface area contributed by atoms with Crippen molar-refractivity contribution in [3.8, 4) is 11.1 Å². The largest absolute Gasteiger partial charge is 0.393 e. The zero-order valence-corrected chi connectivity index (χ0v) is 16.8. The van der Waals surface area contributed by atoms with Crippen molar-refractivity contribution in [1.29, 1.82) is 0 Å². The van der Waals surface area contributed by atoms with Crippen LogP contribution in [0.15, 0.2) is 36.7 Å². The molecule has 0 unspecified atom stereocenters. The smallest absolute Gasteiger partial charge is 0.390 e. The van der Waals surface area contributed by atoms with Gasteiger partial charge in [0.15, 0.2) is 0 Å². The van der Waals surface area contributed by atoms with Gasteiger partial charge in [-0.1, -0.05) is 24.3 Å². The molecule has 1 aliphatic carbocycles. The first-order chi connectivity index (χ1) is 14.8. The van der Waals surface area contributed by atoms with Gasteiger partial charge in [0.05, 0.1) is 12.5 Å². The summed E-state index contributed by atoms with van der Waals surface area (Å²) in [5, 5.41) is 13.3. The predicted molar refractivity (Wildman–Crippen MR) is 111 cm³/mol. The summed E-state index contributed by atoms with van der Waals surface area (Å²) in [6, 6.07) is 7.30. The number of carbonyl (C=O) groups excluding carboxylic acids is 1. The Morgan fingerprint density at radius 3 is 2.52 bits per heavy atom. The number of halogens is 3. The van der Waals surface area contributed by atoms with Gasteiger partial charge in [0.1, 0.15) is 11.9 Å². The number of anilines is 1. The lowest BCUT2D eigenvalue weighted by Gasteiger charge is -2.27. The van der Waals surface area contributed by atoms with Crippen LogP contribution in [0.4, 0.5) is 19.1 Å². The number of benzene rings is 1. The van der Waals surface area contributed by atoms with E-state index in [1.807, 2.05) is 22.9 Å². The fourth-order valence-corrected chi connectivity index (χ4v) is 4.02. The van der Waals surface area contributed by atoms with Gasteiger partial charge >= 0.3 is 6.18 Å². The number of aldehydes is 1. The Morgan fingerprint density at radius 2 is 1.87 bits per heavy atom. The molecule has 1 fully saturated rings. The Morgan fingerprint density at radius 1 is 1.16 bits per heavy atom. The van der Waals surface area contributed by atoms with Crippen LogP contribution in [0.3, 0.4) is 0 Å². The van der Waals surface area contributed by atoms with Gasteiger partial charge in [-0.3, -0.25) is 4.79 Å². The van der Waals surface area contributed by atoms with Crippen LogP contribution in [-0.2, 0) is 0 Å². The van der Waals surface area contributed by atoms with Crippen molar-refractivity contribution >= 4 is 23.3 Å². The van der Waals surface area contributed by atoms with E-state index in [1.165, 1.54) is 0 Å². The molecule has 0 aliphatic heterocycles. The lowest BCUT2D eigenvalue weighted by molar-refractivity contribution is -0.131. The van der Waals surface area contributed by atoms with Gasteiger partial charge in [-0.15, -0.1) is 0 Å². The van der Waals surface area contributed by atoms with Crippen LogP contribution in [-0.4, -0.2) is 44.8 Å². The van der Waals surface area contributed by atoms with Crippen molar-refractivity contribution in [3.05, 3.63) is 42.2 Å². The van der Waals surface area contributed by atoms with Gasteiger partial charge in [-0.2, -0.15) is 18.2 Å². The molecular formula is C22H23F3N4O2. The lowest BCUT2D eigenvalue weighted by atomic mass is 9.93. The highest BCUT2D eigenvalue weighted by atomic mass is 19.4. The van der Waals surface area contributed by atoms with E-state index in [2.05, 4.69) is 15.3 Å². The molecule has 6 nitrogen and oxygen atoms in total. The molecule has 1 aliphatic rings. The number of aliphatic hydroxyl groups excluding tert-OH is 1. The summed E-state index contributed by atoms with van der Waals surface area (Å²) < 4.78 is 39.4. The molecule has 4 rings (SSSR count). The summed E-state index contributed by atoms with van der Waals surface area (Å²) in [7, 11) is 0. The van der Waals surface area contributed by atoms with Gasteiger partial charge in [0.2, 0.25) is 5.95 Å². The maximum absolute atomic E-state index is 12.5. The van der Waals surface area contributed by atoms with Gasteiger partial charge in [0, 0.05) is 41.5 Å². The van der Waals surface area contributed by atoms with Crippen LogP contribution in [0, 0.1) is 0 Å². The standard InChI is InChI=1S/C22H23F3N4O2/c23-22(24,25)9-10-26-21-27-11-18-19(15-3-1-14(13-30)2-4-15)12-29(20(18)28-21)16-5-7-17(31)8-6-16/h1-4,11-13,16-17,31H,5-10H2,(H,26,27,28). The predicted octanol–water partition coefficient (Wildman–Crippen LogP) is 4.75. The van der Waals surface area contributed by atoms with Crippen molar-refractivity contribution in [2.75, 3.05) is 11.9 Å². The molecule has 2 N–H and O–H groups in total. The van der Waals surface area contributed by atoms with Crippen molar-refractivity contribution in [2.45, 2.75) is 50.4 Å². The third-order valence-electron chi connectivity index (χ3n) is 5.68. The molecule has 0 spiro atoms. The molecule has 1 saturated carbocycles. The monoisotopic (exact) mass is 432 g/mol. The van der Waals surface area contributed by atoms with E-state index in [4.69, 9.17) is 0 Å². The van der Waals surface area contributed by atoms with E-state index in [1.54, 1.807) is 18.3 Å². The van der Waals surface area contributed by atoms with E-state index < -0.39 is 12.6 Å². The van der Waals surface area contributed by atoms with E-state index >= 15 is 0 Å². The molecule has 31 heavy (non-hydrogen) atoms. The Bertz CT molecular complexity index is 1060. The van der Waals surface area contributed by atoms with E-state index in [-0.39, 0.29) is 24.6 Å². The number of rotatable bonds is 6. The van der Waals surface area contributed by atoms with Crippen molar-refractivity contribution in [3.63, 3.8) is 0 Å². The fourth-order valence-electron chi connectivity index (χ4n) is 4.02. The molecule has 0 amide bonds. The summed E-state index contributed by atoms with van der Waals surface area (Å²) in [4.78, 5) is 19.7. The third-order valence-corrected chi connectivity index (χ3v) is 5.68. The molecule has 0 radical (unpaired) electrons. The van der Waals surface area contributed by atoms with E-state index in [0.29, 0.717) is 24.1 Å². The molecular weight excluding hydrogens is 409 g/mol. The number of aliphatic hydroxyl groups is 1. The lowest BCUT2D eigenvalue weighted by Crippen LogP contribution is -2.21. The summed E-state index contributed by atoms with van der Waals surface area (Å²) >= 11 is 0. The van der Waals surface area contributed by atoms with Crippen LogP contribution in [0.2, 0.25) is 0 Å². The highest BCUT2D eigenvalue weighted by molar-refractivity contribution is 5.94. The first-order valence-electron chi connectivity index (χ1n) is 10.3. The normalized spacial score (nSPS) is 19.5. The molecule has 164 valence electrons. The maximum Gasteiger partial charge on any atom is 0.390 e. The van der Waals surface area contributed by atoms with Crippen molar-refractivity contribution in [2.24, 2.45) is 0 Å². The average Bonchev–Trinajstić information content (AvgIpc) is 3.12. The van der Waals surface area contributed by atoms with E-state index in [9.17, 15) is 23.1 Å². The molecule has 3 aromatic rings. The molecule has 2 heterocycles. The zero-order chi connectivity index (χ0) is 22.0. The number of carbonyl (C=O) groups is 1. The Hall–Kier alpha value is -2.94. The summed E-state index contributed by atoms with van der Waals surface area (Å²) in [6.45, 7) is -0.300. The number of nitrogens with one attached hydrogen (secondary N) is 1. The number of fused-ring (bicyclic) bond motifs is 1. The first-order valence-corrected chi connectivity index (χ1v) is 10.3. The van der Waals surface area contributed by atoms with Crippen LogP contribution in [0.1, 0.15) is 48.5 Å². The summed E-state index contributed by atoms with van der Waals surface area (Å²) in [5.41, 5.74) is 2.99. The molecule has 0 saturated heterocycles.